The average Bonchev–Trinajstić information content (AvgIpc) is 2.26. The third-order valence-corrected chi connectivity index (χ3v) is 2.65. The number of hydrogen-bond donors (Lipinski definition) is 0. The zero-order chi connectivity index (χ0) is 12.0. The molecule has 0 aliphatic heterocycles. The van der Waals surface area contributed by atoms with E-state index in [4.69, 9.17) is 4.74 Å². The third kappa shape index (κ3) is 4.60. The van der Waals surface area contributed by atoms with Crippen molar-refractivity contribution >= 4 is 11.8 Å². The molecule has 16 heavy (non-hydrogen) atoms. The minimum Gasteiger partial charge on any atom is -0.460 e. The summed E-state index contributed by atoms with van der Waals surface area (Å²) in [6, 6.07) is 0. The summed E-state index contributed by atoms with van der Waals surface area (Å²) in [5.41, 5.74) is 0. The van der Waals surface area contributed by atoms with E-state index in [1.165, 1.54) is 0 Å². The first-order chi connectivity index (χ1) is 7.59. The number of allylic oxidation sites excluding steroid dienone is 2. The third-order valence-electron chi connectivity index (χ3n) is 2.65. The first-order valence-electron chi connectivity index (χ1n) is 5.94. The highest BCUT2D eigenvalue weighted by Crippen LogP contribution is 2.18. The molecule has 90 valence electrons. The van der Waals surface area contributed by atoms with E-state index in [1.54, 1.807) is 0 Å². The molecule has 0 spiro atoms. The van der Waals surface area contributed by atoms with Gasteiger partial charge in [-0.15, -0.1) is 0 Å². The van der Waals surface area contributed by atoms with Gasteiger partial charge in [0.15, 0.2) is 0 Å². The fourth-order valence-electron chi connectivity index (χ4n) is 1.74. The van der Waals surface area contributed by atoms with E-state index in [2.05, 4.69) is 12.2 Å². The second-order valence-corrected chi connectivity index (χ2v) is 4.77. The van der Waals surface area contributed by atoms with Crippen LogP contribution in [0.1, 0.15) is 39.5 Å². The number of esters is 1. The SMILES string of the molecule is CC(C)CC(=O)C(=O)OCC1CC=CCC1. The van der Waals surface area contributed by atoms with Crippen molar-refractivity contribution in [2.75, 3.05) is 6.61 Å². The second kappa shape index (κ2) is 6.46. The van der Waals surface area contributed by atoms with Gasteiger partial charge in [-0.05, 0) is 31.1 Å². The lowest BCUT2D eigenvalue weighted by Crippen LogP contribution is -2.22. The van der Waals surface area contributed by atoms with Gasteiger partial charge in [0.25, 0.3) is 0 Å². The van der Waals surface area contributed by atoms with Crippen LogP contribution in [0.15, 0.2) is 12.2 Å². The molecule has 1 aliphatic rings. The molecule has 0 aromatic heterocycles. The van der Waals surface area contributed by atoms with E-state index in [-0.39, 0.29) is 12.3 Å². The Balaban J connectivity index is 2.23. The van der Waals surface area contributed by atoms with E-state index in [1.807, 2.05) is 13.8 Å². The van der Waals surface area contributed by atoms with Crippen molar-refractivity contribution in [1.82, 2.24) is 0 Å². The summed E-state index contributed by atoms with van der Waals surface area (Å²) in [6.45, 7) is 4.21. The lowest BCUT2D eigenvalue weighted by atomic mass is 9.95. The minimum atomic E-state index is -0.664. The fourth-order valence-corrected chi connectivity index (χ4v) is 1.74. The zero-order valence-electron chi connectivity index (χ0n) is 10.1. The van der Waals surface area contributed by atoms with E-state index >= 15 is 0 Å². The van der Waals surface area contributed by atoms with Gasteiger partial charge in [-0.3, -0.25) is 4.79 Å². The summed E-state index contributed by atoms with van der Waals surface area (Å²) in [5, 5.41) is 0. The van der Waals surface area contributed by atoms with Gasteiger partial charge in [-0.2, -0.15) is 0 Å². The number of ketones is 1. The highest BCUT2D eigenvalue weighted by molar-refractivity contribution is 6.33. The van der Waals surface area contributed by atoms with Crippen LogP contribution in [0.2, 0.25) is 0 Å². The molecule has 0 aromatic carbocycles. The highest BCUT2D eigenvalue weighted by Gasteiger charge is 2.19. The maximum atomic E-state index is 11.3. The van der Waals surface area contributed by atoms with Gasteiger partial charge in [-0.25, -0.2) is 4.79 Å². The highest BCUT2D eigenvalue weighted by atomic mass is 16.5. The van der Waals surface area contributed by atoms with Gasteiger partial charge >= 0.3 is 5.97 Å². The topological polar surface area (TPSA) is 43.4 Å². The molecule has 1 aliphatic carbocycles. The summed E-state index contributed by atoms with van der Waals surface area (Å²) >= 11 is 0. The Kier molecular flexibility index (Phi) is 5.23. The molecular formula is C13H20O3. The van der Waals surface area contributed by atoms with Gasteiger partial charge in [0.1, 0.15) is 0 Å². The molecule has 0 radical (unpaired) electrons. The van der Waals surface area contributed by atoms with Crippen LogP contribution in [0.4, 0.5) is 0 Å². The largest absolute Gasteiger partial charge is 0.460 e. The number of carbonyl (C=O) groups excluding carboxylic acids is 2. The Morgan fingerprint density at radius 3 is 2.69 bits per heavy atom. The van der Waals surface area contributed by atoms with Gasteiger partial charge in [-0.1, -0.05) is 26.0 Å². The van der Waals surface area contributed by atoms with Crippen LogP contribution >= 0.6 is 0 Å². The molecule has 3 heteroatoms. The summed E-state index contributed by atoms with van der Waals surface area (Å²) < 4.78 is 5.02. The van der Waals surface area contributed by atoms with Crippen molar-refractivity contribution in [3.05, 3.63) is 12.2 Å². The first kappa shape index (κ1) is 12.9. The second-order valence-electron chi connectivity index (χ2n) is 4.77. The van der Waals surface area contributed by atoms with Crippen molar-refractivity contribution in [2.24, 2.45) is 11.8 Å². The smallest absolute Gasteiger partial charge is 0.374 e. The standard InChI is InChI=1S/C13H20O3/c1-10(2)8-12(14)13(15)16-9-11-6-4-3-5-7-11/h3-4,10-11H,5-9H2,1-2H3. The van der Waals surface area contributed by atoms with Crippen molar-refractivity contribution < 1.29 is 14.3 Å². The molecule has 0 N–H and O–H groups in total. The Bertz CT molecular complexity index is 279. The predicted molar refractivity (Wildman–Crippen MR) is 61.9 cm³/mol. The number of carbonyl (C=O) groups is 2. The molecule has 1 atom stereocenters. The lowest BCUT2D eigenvalue weighted by Gasteiger charge is -2.17. The van der Waals surface area contributed by atoms with Crippen LogP contribution in [0.25, 0.3) is 0 Å². The van der Waals surface area contributed by atoms with Crippen molar-refractivity contribution in [2.45, 2.75) is 39.5 Å². The quantitative estimate of drug-likeness (QED) is 0.409. The van der Waals surface area contributed by atoms with Gasteiger partial charge in [0.05, 0.1) is 6.61 Å². The number of Topliss-reactive ketones (excluding diaryl/α,β-unsaturated/α-hetero) is 1. The molecule has 0 heterocycles. The van der Waals surface area contributed by atoms with E-state index < -0.39 is 11.8 Å². The summed E-state index contributed by atoms with van der Waals surface area (Å²) in [7, 11) is 0. The minimum absolute atomic E-state index is 0.206. The number of ether oxygens (including phenoxy) is 1. The summed E-state index contributed by atoms with van der Waals surface area (Å²) in [5.74, 6) is -0.469. The van der Waals surface area contributed by atoms with E-state index in [9.17, 15) is 9.59 Å². The zero-order valence-corrected chi connectivity index (χ0v) is 10.1. The molecule has 1 unspecified atom stereocenters. The van der Waals surface area contributed by atoms with E-state index in [0.29, 0.717) is 12.5 Å². The normalized spacial score (nSPS) is 19.8. The monoisotopic (exact) mass is 224 g/mol. The molecular weight excluding hydrogens is 204 g/mol. The molecule has 0 amide bonds. The molecule has 0 bridgehead atoms. The molecule has 1 rings (SSSR count). The Hall–Kier alpha value is -1.12. The Labute approximate surface area is 96.9 Å². The molecule has 0 aromatic rings. The Morgan fingerprint density at radius 2 is 2.12 bits per heavy atom. The molecule has 0 saturated carbocycles. The average molecular weight is 224 g/mol. The predicted octanol–water partition coefficient (Wildman–Crippen LogP) is 2.50. The van der Waals surface area contributed by atoms with Crippen LogP contribution in [-0.2, 0) is 14.3 Å². The fraction of sp³-hybridized carbons (Fsp3) is 0.692. The van der Waals surface area contributed by atoms with Crippen molar-refractivity contribution in [1.29, 1.82) is 0 Å². The molecule has 3 nitrogen and oxygen atoms in total. The van der Waals surface area contributed by atoms with Crippen LogP contribution in [-0.4, -0.2) is 18.4 Å². The number of rotatable bonds is 5. The Morgan fingerprint density at radius 1 is 1.38 bits per heavy atom. The van der Waals surface area contributed by atoms with Gasteiger partial charge in [0, 0.05) is 6.42 Å². The van der Waals surface area contributed by atoms with Gasteiger partial charge in [0.2, 0.25) is 5.78 Å². The summed E-state index contributed by atoms with van der Waals surface area (Å²) in [6.07, 6.45) is 7.57. The van der Waals surface area contributed by atoms with Crippen LogP contribution in [0, 0.1) is 11.8 Å². The lowest BCUT2D eigenvalue weighted by molar-refractivity contribution is -0.155. The van der Waals surface area contributed by atoms with Crippen molar-refractivity contribution in [3.63, 3.8) is 0 Å². The van der Waals surface area contributed by atoms with Crippen LogP contribution in [0.5, 0.6) is 0 Å². The molecule has 0 saturated heterocycles. The maximum absolute atomic E-state index is 11.3. The number of hydrogen-bond acceptors (Lipinski definition) is 3. The summed E-state index contributed by atoms with van der Waals surface area (Å²) in [4.78, 5) is 22.7. The van der Waals surface area contributed by atoms with Crippen LogP contribution in [0.3, 0.4) is 0 Å². The molecule has 0 fully saturated rings. The van der Waals surface area contributed by atoms with Crippen molar-refractivity contribution in [3.8, 4) is 0 Å². The van der Waals surface area contributed by atoms with Gasteiger partial charge < -0.3 is 4.74 Å². The maximum Gasteiger partial charge on any atom is 0.374 e. The van der Waals surface area contributed by atoms with Crippen LogP contribution < -0.4 is 0 Å². The van der Waals surface area contributed by atoms with E-state index in [0.717, 1.165) is 19.3 Å². The first-order valence-corrected chi connectivity index (χ1v) is 5.94.